The molecular formula is C11H20N4O3. The minimum atomic E-state index is -0.483. The molecule has 1 aromatic heterocycles. The first-order valence-electron chi connectivity index (χ1n) is 5.87. The van der Waals surface area contributed by atoms with Gasteiger partial charge in [0.25, 0.3) is 0 Å². The van der Waals surface area contributed by atoms with Crippen LogP contribution in [0.5, 0.6) is 0 Å². The van der Waals surface area contributed by atoms with E-state index in [0.29, 0.717) is 25.3 Å². The molecule has 0 saturated carbocycles. The highest BCUT2D eigenvalue weighted by molar-refractivity contribution is 5.88. The van der Waals surface area contributed by atoms with Crippen molar-refractivity contribution in [1.82, 2.24) is 15.0 Å². The molecule has 0 spiro atoms. The first-order chi connectivity index (χ1) is 8.65. The van der Waals surface area contributed by atoms with E-state index in [2.05, 4.69) is 15.0 Å². The summed E-state index contributed by atoms with van der Waals surface area (Å²) in [5.41, 5.74) is 6.51. The fraction of sp³-hybridized carbons (Fsp3) is 0.727. The zero-order chi connectivity index (χ0) is 13.5. The highest BCUT2D eigenvalue weighted by Gasteiger charge is 2.22. The number of hydrogen-bond acceptors (Lipinski definition) is 6. The second-order valence-corrected chi connectivity index (χ2v) is 3.99. The van der Waals surface area contributed by atoms with Crippen LogP contribution in [-0.4, -0.2) is 48.3 Å². The van der Waals surface area contributed by atoms with Gasteiger partial charge in [-0.1, -0.05) is 5.21 Å². The summed E-state index contributed by atoms with van der Waals surface area (Å²) in [6.45, 7) is 3.04. The first kappa shape index (κ1) is 14.6. The van der Waals surface area contributed by atoms with E-state index in [1.807, 2.05) is 6.92 Å². The number of nitrogens with two attached hydrogens (primary N) is 1. The largest absolute Gasteiger partial charge is 0.464 e. The number of methoxy groups -OCH3 is 2. The second-order valence-electron chi connectivity index (χ2n) is 3.99. The Morgan fingerprint density at radius 3 is 2.78 bits per heavy atom. The molecule has 0 aromatic carbocycles. The van der Waals surface area contributed by atoms with Gasteiger partial charge >= 0.3 is 5.97 Å². The molecule has 18 heavy (non-hydrogen) atoms. The van der Waals surface area contributed by atoms with Crippen molar-refractivity contribution in [2.24, 2.45) is 5.73 Å². The molecule has 0 saturated heterocycles. The van der Waals surface area contributed by atoms with Crippen molar-refractivity contribution in [2.75, 3.05) is 27.4 Å². The average molecular weight is 256 g/mol. The number of ether oxygens (including phenoxy) is 2. The van der Waals surface area contributed by atoms with E-state index in [-0.39, 0.29) is 11.7 Å². The Labute approximate surface area is 106 Å². The minimum absolute atomic E-state index is 0.0948. The summed E-state index contributed by atoms with van der Waals surface area (Å²) >= 11 is 0. The maximum absolute atomic E-state index is 11.6. The van der Waals surface area contributed by atoms with Crippen molar-refractivity contribution in [2.45, 2.75) is 25.8 Å². The Kier molecular flexibility index (Phi) is 5.73. The summed E-state index contributed by atoms with van der Waals surface area (Å²) in [5.74, 6) is -0.483. The van der Waals surface area contributed by atoms with Gasteiger partial charge in [-0.25, -0.2) is 9.48 Å². The lowest BCUT2D eigenvalue weighted by Crippen LogP contribution is -2.17. The van der Waals surface area contributed by atoms with Gasteiger partial charge in [0.1, 0.15) is 0 Å². The van der Waals surface area contributed by atoms with Crippen LogP contribution in [0.2, 0.25) is 0 Å². The molecular weight excluding hydrogens is 236 g/mol. The lowest BCUT2D eigenvalue weighted by atomic mass is 10.2. The van der Waals surface area contributed by atoms with E-state index >= 15 is 0 Å². The monoisotopic (exact) mass is 256 g/mol. The van der Waals surface area contributed by atoms with Crippen molar-refractivity contribution in [3.05, 3.63) is 11.4 Å². The molecule has 2 N–H and O–H groups in total. The Hall–Kier alpha value is -1.47. The van der Waals surface area contributed by atoms with Crippen LogP contribution in [0.25, 0.3) is 0 Å². The third-order valence-electron chi connectivity index (χ3n) is 2.71. The number of rotatable bonds is 7. The molecule has 0 aliphatic carbocycles. The lowest BCUT2D eigenvalue weighted by Gasteiger charge is -2.14. The number of hydrogen-bond donors (Lipinski definition) is 1. The molecule has 0 fully saturated rings. The zero-order valence-electron chi connectivity index (χ0n) is 11.0. The van der Waals surface area contributed by atoms with Crippen LogP contribution in [0.15, 0.2) is 0 Å². The number of nitrogens with zero attached hydrogens (tertiary/aromatic N) is 3. The molecule has 1 heterocycles. The van der Waals surface area contributed by atoms with E-state index < -0.39 is 5.97 Å². The predicted octanol–water partition coefficient (Wildman–Crippen LogP) is 0.163. The SMILES string of the molecule is COCCC(C)n1nnc(C(=O)OC)c1CCN. The number of esters is 1. The number of carbonyl (C=O) groups excluding carboxylic acids is 1. The highest BCUT2D eigenvalue weighted by Crippen LogP contribution is 2.16. The molecule has 1 unspecified atom stereocenters. The molecule has 0 aliphatic rings. The molecule has 1 aromatic rings. The maximum Gasteiger partial charge on any atom is 0.360 e. The smallest absolute Gasteiger partial charge is 0.360 e. The van der Waals surface area contributed by atoms with Crippen LogP contribution < -0.4 is 5.73 Å². The first-order valence-corrected chi connectivity index (χ1v) is 5.87. The highest BCUT2D eigenvalue weighted by atomic mass is 16.5. The molecule has 0 radical (unpaired) electrons. The van der Waals surface area contributed by atoms with Crippen LogP contribution in [0.1, 0.15) is 35.6 Å². The van der Waals surface area contributed by atoms with Gasteiger partial charge in [0, 0.05) is 20.1 Å². The Balaban J connectivity index is 2.97. The molecule has 102 valence electrons. The minimum Gasteiger partial charge on any atom is -0.464 e. The van der Waals surface area contributed by atoms with E-state index in [0.717, 1.165) is 6.42 Å². The summed E-state index contributed by atoms with van der Waals surface area (Å²) in [6.07, 6.45) is 1.33. The van der Waals surface area contributed by atoms with Crippen molar-refractivity contribution in [3.8, 4) is 0 Å². The Morgan fingerprint density at radius 1 is 1.50 bits per heavy atom. The summed E-state index contributed by atoms with van der Waals surface area (Å²) in [6, 6.07) is 0.0948. The lowest BCUT2D eigenvalue weighted by molar-refractivity contribution is 0.0592. The molecule has 0 aliphatic heterocycles. The summed E-state index contributed by atoms with van der Waals surface area (Å²) in [5, 5.41) is 7.89. The van der Waals surface area contributed by atoms with E-state index in [9.17, 15) is 4.79 Å². The molecule has 0 bridgehead atoms. The van der Waals surface area contributed by atoms with E-state index in [4.69, 9.17) is 10.5 Å². The molecule has 1 rings (SSSR count). The fourth-order valence-corrected chi connectivity index (χ4v) is 1.70. The van der Waals surface area contributed by atoms with Crippen LogP contribution in [0.4, 0.5) is 0 Å². The van der Waals surface area contributed by atoms with E-state index in [1.165, 1.54) is 7.11 Å². The van der Waals surface area contributed by atoms with Gasteiger partial charge in [-0.3, -0.25) is 0 Å². The van der Waals surface area contributed by atoms with Gasteiger partial charge in [-0.2, -0.15) is 0 Å². The topological polar surface area (TPSA) is 92.3 Å². The van der Waals surface area contributed by atoms with E-state index in [1.54, 1.807) is 11.8 Å². The zero-order valence-corrected chi connectivity index (χ0v) is 11.0. The normalized spacial score (nSPS) is 12.4. The Bertz CT molecular complexity index is 392. The Morgan fingerprint density at radius 2 is 2.22 bits per heavy atom. The summed E-state index contributed by atoms with van der Waals surface area (Å²) < 4.78 is 11.4. The van der Waals surface area contributed by atoms with Crippen molar-refractivity contribution in [3.63, 3.8) is 0 Å². The second kappa shape index (κ2) is 7.07. The third-order valence-corrected chi connectivity index (χ3v) is 2.71. The van der Waals surface area contributed by atoms with Gasteiger partial charge < -0.3 is 15.2 Å². The molecule has 0 amide bonds. The van der Waals surface area contributed by atoms with Crippen LogP contribution in [-0.2, 0) is 15.9 Å². The van der Waals surface area contributed by atoms with Crippen LogP contribution in [0.3, 0.4) is 0 Å². The standard InChI is InChI=1S/C11H20N4O3/c1-8(5-7-17-2)15-9(4-6-12)10(13-14-15)11(16)18-3/h8H,4-7,12H2,1-3H3. The summed E-state index contributed by atoms with van der Waals surface area (Å²) in [4.78, 5) is 11.6. The van der Waals surface area contributed by atoms with Gasteiger partial charge in [-0.05, 0) is 19.9 Å². The fourth-order valence-electron chi connectivity index (χ4n) is 1.70. The predicted molar refractivity (Wildman–Crippen MR) is 65.3 cm³/mol. The van der Waals surface area contributed by atoms with Gasteiger partial charge in [0.2, 0.25) is 0 Å². The van der Waals surface area contributed by atoms with Gasteiger partial charge in [0.05, 0.1) is 18.8 Å². The number of carbonyl (C=O) groups is 1. The van der Waals surface area contributed by atoms with Gasteiger partial charge in [-0.15, -0.1) is 5.10 Å². The number of aromatic nitrogens is 3. The van der Waals surface area contributed by atoms with Crippen LogP contribution in [0, 0.1) is 0 Å². The summed E-state index contributed by atoms with van der Waals surface area (Å²) in [7, 11) is 2.97. The van der Waals surface area contributed by atoms with Gasteiger partial charge in [0.15, 0.2) is 5.69 Å². The maximum atomic E-state index is 11.6. The molecule has 7 nitrogen and oxygen atoms in total. The third kappa shape index (κ3) is 3.27. The van der Waals surface area contributed by atoms with Crippen molar-refractivity contribution < 1.29 is 14.3 Å². The van der Waals surface area contributed by atoms with Crippen LogP contribution >= 0.6 is 0 Å². The van der Waals surface area contributed by atoms with Crippen molar-refractivity contribution in [1.29, 1.82) is 0 Å². The molecule has 1 atom stereocenters. The molecule has 7 heteroatoms. The quantitative estimate of drug-likeness (QED) is 0.699. The van der Waals surface area contributed by atoms with Crippen molar-refractivity contribution >= 4 is 5.97 Å². The average Bonchev–Trinajstić information content (AvgIpc) is 2.79.